The summed E-state index contributed by atoms with van der Waals surface area (Å²) in [5.74, 6) is -0.580. The highest BCUT2D eigenvalue weighted by Gasteiger charge is 2.14. The number of anilines is 2. The zero-order chi connectivity index (χ0) is 18.8. The standard InChI is InChI=1S/C22H22FN3O/c1-15-13-20(19-10-5-16(23)14-21(19)24-15)22(27)25-17-6-8-18(9-7-17)26-11-3-2-4-12-26/h5-10,13-14H,2-4,11-12H2,1H3,(H,25,27). The van der Waals surface area contributed by atoms with E-state index in [1.54, 1.807) is 19.1 Å². The molecule has 2 heterocycles. The van der Waals surface area contributed by atoms with Crippen molar-refractivity contribution in [3.05, 3.63) is 65.6 Å². The normalized spacial score (nSPS) is 14.4. The van der Waals surface area contributed by atoms with Crippen LogP contribution in [0.15, 0.2) is 48.5 Å². The molecule has 0 radical (unpaired) electrons. The Balaban J connectivity index is 1.56. The van der Waals surface area contributed by atoms with Crippen LogP contribution in [0.3, 0.4) is 0 Å². The average molecular weight is 363 g/mol. The Morgan fingerprint density at radius 1 is 1.04 bits per heavy atom. The summed E-state index contributed by atoms with van der Waals surface area (Å²) in [6, 6.07) is 14.0. The first-order valence-electron chi connectivity index (χ1n) is 9.33. The fraction of sp³-hybridized carbons (Fsp3) is 0.273. The minimum atomic E-state index is -0.361. The van der Waals surface area contributed by atoms with Crippen molar-refractivity contribution in [3.63, 3.8) is 0 Å². The Hall–Kier alpha value is -2.95. The third-order valence-electron chi connectivity index (χ3n) is 4.99. The molecule has 1 aromatic heterocycles. The van der Waals surface area contributed by atoms with Crippen LogP contribution in [0.25, 0.3) is 10.9 Å². The first-order valence-corrected chi connectivity index (χ1v) is 9.33. The van der Waals surface area contributed by atoms with Crippen LogP contribution in [-0.2, 0) is 0 Å². The minimum Gasteiger partial charge on any atom is -0.372 e. The quantitative estimate of drug-likeness (QED) is 0.718. The molecule has 1 fully saturated rings. The Kier molecular flexibility index (Phi) is 4.75. The number of pyridine rings is 1. The van der Waals surface area contributed by atoms with Crippen LogP contribution in [0.5, 0.6) is 0 Å². The van der Waals surface area contributed by atoms with E-state index in [9.17, 15) is 9.18 Å². The second kappa shape index (κ2) is 7.35. The predicted octanol–water partition coefficient (Wildman–Crippen LogP) is 4.92. The van der Waals surface area contributed by atoms with Crippen LogP contribution in [0.2, 0.25) is 0 Å². The molecule has 3 aromatic rings. The zero-order valence-electron chi connectivity index (χ0n) is 15.3. The maximum absolute atomic E-state index is 13.5. The molecular weight excluding hydrogens is 341 g/mol. The van der Waals surface area contributed by atoms with Gasteiger partial charge in [-0.1, -0.05) is 0 Å². The molecule has 1 N–H and O–H groups in total. The second-order valence-corrected chi connectivity index (χ2v) is 7.02. The summed E-state index contributed by atoms with van der Waals surface area (Å²) in [4.78, 5) is 19.5. The van der Waals surface area contributed by atoms with Gasteiger partial charge in [-0.05, 0) is 68.7 Å². The number of nitrogens with zero attached hydrogens (tertiary/aromatic N) is 2. The Morgan fingerprint density at radius 2 is 1.78 bits per heavy atom. The van der Waals surface area contributed by atoms with Crippen molar-refractivity contribution < 1.29 is 9.18 Å². The van der Waals surface area contributed by atoms with Crippen LogP contribution < -0.4 is 10.2 Å². The lowest BCUT2D eigenvalue weighted by Crippen LogP contribution is -2.29. The van der Waals surface area contributed by atoms with Gasteiger partial charge in [0.2, 0.25) is 0 Å². The van der Waals surface area contributed by atoms with E-state index in [1.807, 2.05) is 24.3 Å². The SMILES string of the molecule is Cc1cc(C(=O)Nc2ccc(N3CCCCC3)cc2)c2ccc(F)cc2n1. The lowest BCUT2D eigenvalue weighted by Gasteiger charge is -2.28. The van der Waals surface area contributed by atoms with E-state index < -0.39 is 0 Å². The molecule has 4 rings (SSSR count). The van der Waals surface area contributed by atoms with Gasteiger partial charge in [-0.2, -0.15) is 0 Å². The third-order valence-corrected chi connectivity index (χ3v) is 4.99. The van der Waals surface area contributed by atoms with Gasteiger partial charge >= 0.3 is 0 Å². The average Bonchev–Trinajstić information content (AvgIpc) is 2.68. The number of fused-ring (bicyclic) bond motifs is 1. The molecule has 0 saturated carbocycles. The summed E-state index contributed by atoms with van der Waals surface area (Å²) in [5, 5.41) is 3.59. The van der Waals surface area contributed by atoms with Gasteiger partial charge in [-0.15, -0.1) is 0 Å². The van der Waals surface area contributed by atoms with Gasteiger partial charge in [0.1, 0.15) is 5.82 Å². The molecule has 0 spiro atoms. The molecule has 5 heteroatoms. The molecule has 1 amide bonds. The summed E-state index contributed by atoms with van der Waals surface area (Å²) < 4.78 is 13.5. The number of aromatic nitrogens is 1. The number of benzene rings is 2. The summed E-state index contributed by atoms with van der Waals surface area (Å²) in [6.07, 6.45) is 3.76. The number of aryl methyl sites for hydroxylation is 1. The molecule has 1 saturated heterocycles. The molecule has 1 aliphatic rings. The van der Waals surface area contributed by atoms with Crippen LogP contribution in [-0.4, -0.2) is 24.0 Å². The first kappa shape index (κ1) is 17.5. The van der Waals surface area contributed by atoms with Crippen molar-refractivity contribution in [2.24, 2.45) is 0 Å². The van der Waals surface area contributed by atoms with E-state index in [4.69, 9.17) is 0 Å². The van der Waals surface area contributed by atoms with Gasteiger partial charge in [0.15, 0.2) is 0 Å². The van der Waals surface area contributed by atoms with E-state index in [2.05, 4.69) is 15.2 Å². The minimum absolute atomic E-state index is 0.220. The van der Waals surface area contributed by atoms with Crippen LogP contribution in [0.1, 0.15) is 35.3 Å². The number of carbonyl (C=O) groups excluding carboxylic acids is 1. The number of hydrogen-bond acceptors (Lipinski definition) is 3. The van der Waals surface area contributed by atoms with Crippen molar-refractivity contribution in [1.29, 1.82) is 0 Å². The van der Waals surface area contributed by atoms with E-state index in [1.165, 1.54) is 37.1 Å². The maximum Gasteiger partial charge on any atom is 0.256 e. The smallest absolute Gasteiger partial charge is 0.256 e. The Labute approximate surface area is 158 Å². The van der Waals surface area contributed by atoms with Gasteiger partial charge in [0, 0.05) is 41.6 Å². The Morgan fingerprint density at radius 3 is 2.52 bits per heavy atom. The Bertz CT molecular complexity index is 974. The fourth-order valence-corrected chi connectivity index (χ4v) is 3.63. The van der Waals surface area contributed by atoms with E-state index >= 15 is 0 Å². The number of carbonyl (C=O) groups is 1. The van der Waals surface area contributed by atoms with Gasteiger partial charge < -0.3 is 10.2 Å². The molecule has 0 aliphatic carbocycles. The highest BCUT2D eigenvalue weighted by atomic mass is 19.1. The predicted molar refractivity (Wildman–Crippen MR) is 107 cm³/mol. The first-order chi connectivity index (χ1) is 13.1. The monoisotopic (exact) mass is 363 g/mol. The van der Waals surface area contributed by atoms with Crippen molar-refractivity contribution >= 4 is 28.2 Å². The second-order valence-electron chi connectivity index (χ2n) is 7.02. The fourth-order valence-electron chi connectivity index (χ4n) is 3.63. The van der Waals surface area contributed by atoms with Gasteiger partial charge in [0.25, 0.3) is 5.91 Å². The number of hydrogen-bond donors (Lipinski definition) is 1. The molecule has 2 aromatic carbocycles. The molecule has 0 atom stereocenters. The molecule has 27 heavy (non-hydrogen) atoms. The number of nitrogens with one attached hydrogen (secondary N) is 1. The molecular formula is C22H22FN3O. The number of amides is 1. The maximum atomic E-state index is 13.5. The summed E-state index contributed by atoms with van der Waals surface area (Å²) >= 11 is 0. The van der Waals surface area contributed by atoms with Crippen molar-refractivity contribution in [2.45, 2.75) is 26.2 Å². The van der Waals surface area contributed by atoms with Crippen molar-refractivity contribution in [2.75, 3.05) is 23.3 Å². The largest absolute Gasteiger partial charge is 0.372 e. The van der Waals surface area contributed by atoms with Gasteiger partial charge in [-0.3, -0.25) is 9.78 Å². The molecule has 0 unspecified atom stereocenters. The van der Waals surface area contributed by atoms with Crippen LogP contribution in [0, 0.1) is 12.7 Å². The van der Waals surface area contributed by atoms with E-state index in [-0.39, 0.29) is 11.7 Å². The summed E-state index contributed by atoms with van der Waals surface area (Å²) in [6.45, 7) is 3.98. The molecule has 138 valence electrons. The van der Waals surface area contributed by atoms with Gasteiger partial charge in [0.05, 0.1) is 11.1 Å². The molecule has 1 aliphatic heterocycles. The van der Waals surface area contributed by atoms with Crippen molar-refractivity contribution in [1.82, 2.24) is 4.98 Å². The lowest BCUT2D eigenvalue weighted by atomic mass is 10.1. The van der Waals surface area contributed by atoms with Gasteiger partial charge in [-0.25, -0.2) is 4.39 Å². The summed E-state index contributed by atoms with van der Waals surface area (Å²) in [5.41, 5.74) is 3.59. The number of rotatable bonds is 3. The molecule has 0 bridgehead atoms. The molecule has 4 nitrogen and oxygen atoms in total. The highest BCUT2D eigenvalue weighted by Crippen LogP contribution is 2.24. The topological polar surface area (TPSA) is 45.2 Å². The zero-order valence-corrected chi connectivity index (χ0v) is 15.3. The highest BCUT2D eigenvalue weighted by molar-refractivity contribution is 6.12. The van der Waals surface area contributed by atoms with E-state index in [0.29, 0.717) is 22.2 Å². The van der Waals surface area contributed by atoms with Crippen LogP contribution >= 0.6 is 0 Å². The van der Waals surface area contributed by atoms with Crippen molar-refractivity contribution in [3.8, 4) is 0 Å². The third kappa shape index (κ3) is 3.77. The number of halogens is 1. The summed E-state index contributed by atoms with van der Waals surface area (Å²) in [7, 11) is 0. The van der Waals surface area contributed by atoms with Crippen LogP contribution in [0.4, 0.5) is 15.8 Å². The van der Waals surface area contributed by atoms with E-state index in [0.717, 1.165) is 18.8 Å². The number of piperidine rings is 1. The lowest BCUT2D eigenvalue weighted by molar-refractivity contribution is 0.102.